The van der Waals surface area contributed by atoms with E-state index in [1.54, 1.807) is 18.3 Å². The molecule has 1 aromatic carbocycles. The fraction of sp³-hybridized carbons (Fsp3) is 0.364. The van der Waals surface area contributed by atoms with E-state index >= 15 is 0 Å². The number of nitrogens with zero attached hydrogens (tertiary/aromatic N) is 2. The normalized spacial score (nSPS) is 11.8. The maximum absolute atomic E-state index is 13.0. The van der Waals surface area contributed by atoms with Gasteiger partial charge in [0.15, 0.2) is 0 Å². The highest BCUT2D eigenvalue weighted by Crippen LogP contribution is 2.24. The van der Waals surface area contributed by atoms with Crippen LogP contribution in [0.3, 0.4) is 0 Å². The number of anilines is 2. The number of pyridine rings is 1. The third kappa shape index (κ3) is 6.14. The van der Waals surface area contributed by atoms with Crippen LogP contribution < -0.4 is 16.0 Å². The maximum Gasteiger partial charge on any atom is 0.240 e. The van der Waals surface area contributed by atoms with Crippen molar-refractivity contribution in [2.45, 2.75) is 46.6 Å². The molecule has 3 N–H and O–H groups in total. The van der Waals surface area contributed by atoms with Crippen LogP contribution in [0.5, 0.6) is 0 Å². The van der Waals surface area contributed by atoms with Crippen LogP contribution in [0.1, 0.15) is 37.8 Å². The van der Waals surface area contributed by atoms with Crippen LogP contribution >= 0.6 is 0 Å². The standard InChI is InChI=1S/C22H28N4O3/c1-14(2)21(22(23)29)26(17-7-5-6-15(3)12-17)20(28)9-8-19(27)25-18-13-16(4)10-11-24-18/h5-7,10-14,21H,8-9H2,1-4H3,(H2,23,29)(H,24,25,27). The van der Waals surface area contributed by atoms with Crippen LogP contribution in [0.2, 0.25) is 0 Å². The minimum atomic E-state index is -0.800. The lowest BCUT2D eigenvalue weighted by molar-refractivity contribution is -0.126. The number of benzene rings is 1. The van der Waals surface area contributed by atoms with E-state index < -0.39 is 11.9 Å². The van der Waals surface area contributed by atoms with Gasteiger partial charge in [-0.3, -0.25) is 19.3 Å². The van der Waals surface area contributed by atoms with E-state index in [9.17, 15) is 14.4 Å². The summed E-state index contributed by atoms with van der Waals surface area (Å²) < 4.78 is 0. The quantitative estimate of drug-likeness (QED) is 0.715. The van der Waals surface area contributed by atoms with Crippen molar-refractivity contribution in [2.24, 2.45) is 11.7 Å². The van der Waals surface area contributed by atoms with Gasteiger partial charge in [-0.15, -0.1) is 0 Å². The molecule has 3 amide bonds. The Morgan fingerprint density at radius 2 is 1.76 bits per heavy atom. The number of rotatable bonds is 8. The smallest absolute Gasteiger partial charge is 0.240 e. The Morgan fingerprint density at radius 1 is 1.07 bits per heavy atom. The SMILES string of the molecule is Cc1cccc(N(C(=O)CCC(=O)Nc2cc(C)ccn2)C(C(N)=O)C(C)C)c1. The molecule has 0 aliphatic heterocycles. The number of aryl methyl sites for hydroxylation is 2. The van der Waals surface area contributed by atoms with Gasteiger partial charge < -0.3 is 11.1 Å². The number of carbonyl (C=O) groups is 3. The van der Waals surface area contributed by atoms with Gasteiger partial charge in [0, 0.05) is 24.7 Å². The first-order valence-corrected chi connectivity index (χ1v) is 9.59. The molecule has 0 aliphatic rings. The molecular formula is C22H28N4O3. The zero-order chi connectivity index (χ0) is 21.6. The molecule has 2 rings (SSSR count). The van der Waals surface area contributed by atoms with Crippen molar-refractivity contribution < 1.29 is 14.4 Å². The molecule has 0 saturated carbocycles. The molecule has 2 aromatic rings. The van der Waals surface area contributed by atoms with E-state index in [1.165, 1.54) is 4.90 Å². The molecule has 1 atom stereocenters. The van der Waals surface area contributed by atoms with Crippen LogP contribution in [0, 0.1) is 19.8 Å². The highest BCUT2D eigenvalue weighted by Gasteiger charge is 2.32. The van der Waals surface area contributed by atoms with Gasteiger partial charge in [0.2, 0.25) is 17.7 Å². The summed E-state index contributed by atoms with van der Waals surface area (Å²) in [4.78, 5) is 42.9. The zero-order valence-corrected chi connectivity index (χ0v) is 17.3. The van der Waals surface area contributed by atoms with Crippen molar-refractivity contribution in [1.29, 1.82) is 0 Å². The van der Waals surface area contributed by atoms with Gasteiger partial charge >= 0.3 is 0 Å². The highest BCUT2D eigenvalue weighted by atomic mass is 16.2. The van der Waals surface area contributed by atoms with Crippen molar-refractivity contribution in [3.63, 3.8) is 0 Å². The molecule has 0 aliphatic carbocycles. The van der Waals surface area contributed by atoms with Crippen LogP contribution in [0.25, 0.3) is 0 Å². The summed E-state index contributed by atoms with van der Waals surface area (Å²) in [6.45, 7) is 7.48. The average molecular weight is 396 g/mol. The van der Waals surface area contributed by atoms with Gasteiger partial charge in [-0.2, -0.15) is 0 Å². The number of amides is 3. The van der Waals surface area contributed by atoms with E-state index in [4.69, 9.17) is 5.73 Å². The van der Waals surface area contributed by atoms with E-state index in [1.807, 2.05) is 52.0 Å². The maximum atomic E-state index is 13.0. The molecule has 0 saturated heterocycles. The molecule has 29 heavy (non-hydrogen) atoms. The molecular weight excluding hydrogens is 368 g/mol. The van der Waals surface area contributed by atoms with Crippen molar-refractivity contribution in [1.82, 2.24) is 4.98 Å². The molecule has 1 aromatic heterocycles. The third-order valence-corrected chi connectivity index (χ3v) is 4.50. The first-order chi connectivity index (χ1) is 13.7. The Labute approximate surface area is 171 Å². The van der Waals surface area contributed by atoms with Crippen LogP contribution in [-0.4, -0.2) is 28.7 Å². The predicted octanol–water partition coefficient (Wildman–Crippen LogP) is 2.96. The van der Waals surface area contributed by atoms with E-state index in [0.29, 0.717) is 11.5 Å². The van der Waals surface area contributed by atoms with Crippen LogP contribution in [0.15, 0.2) is 42.6 Å². The number of hydrogen-bond donors (Lipinski definition) is 2. The molecule has 0 spiro atoms. The summed E-state index contributed by atoms with van der Waals surface area (Å²) in [6.07, 6.45) is 1.53. The second-order valence-corrected chi connectivity index (χ2v) is 7.46. The van der Waals surface area contributed by atoms with Gasteiger partial charge in [0.25, 0.3) is 0 Å². The second-order valence-electron chi connectivity index (χ2n) is 7.46. The second kappa shape index (κ2) is 9.82. The molecule has 1 heterocycles. The topological polar surface area (TPSA) is 105 Å². The fourth-order valence-corrected chi connectivity index (χ4v) is 3.14. The summed E-state index contributed by atoms with van der Waals surface area (Å²) in [6, 6.07) is 10.1. The monoisotopic (exact) mass is 396 g/mol. The van der Waals surface area contributed by atoms with Crippen LogP contribution in [0.4, 0.5) is 11.5 Å². The Kier molecular flexibility index (Phi) is 7.47. The number of nitrogens with two attached hydrogens (primary N) is 1. The zero-order valence-electron chi connectivity index (χ0n) is 17.3. The predicted molar refractivity (Wildman–Crippen MR) is 113 cm³/mol. The molecule has 7 nitrogen and oxygen atoms in total. The lowest BCUT2D eigenvalue weighted by Crippen LogP contribution is -2.51. The van der Waals surface area contributed by atoms with E-state index in [2.05, 4.69) is 10.3 Å². The summed E-state index contributed by atoms with van der Waals surface area (Å²) >= 11 is 0. The molecule has 0 radical (unpaired) electrons. The lowest BCUT2D eigenvalue weighted by Gasteiger charge is -2.32. The molecule has 1 unspecified atom stereocenters. The van der Waals surface area contributed by atoms with Crippen molar-refractivity contribution in [2.75, 3.05) is 10.2 Å². The van der Waals surface area contributed by atoms with Gasteiger partial charge in [-0.25, -0.2) is 4.98 Å². The lowest BCUT2D eigenvalue weighted by atomic mass is 9.99. The van der Waals surface area contributed by atoms with Gasteiger partial charge in [-0.05, 0) is 55.2 Å². The van der Waals surface area contributed by atoms with Crippen molar-refractivity contribution >= 4 is 29.2 Å². The Balaban J connectivity index is 2.16. The third-order valence-electron chi connectivity index (χ3n) is 4.50. The summed E-state index contributed by atoms with van der Waals surface area (Å²) in [7, 11) is 0. The van der Waals surface area contributed by atoms with Crippen molar-refractivity contribution in [3.05, 3.63) is 53.7 Å². The highest BCUT2D eigenvalue weighted by molar-refractivity contribution is 6.02. The van der Waals surface area contributed by atoms with E-state index in [0.717, 1.165) is 11.1 Å². The summed E-state index contributed by atoms with van der Waals surface area (Å²) in [5.74, 6) is -0.970. The van der Waals surface area contributed by atoms with E-state index in [-0.39, 0.29) is 30.6 Å². The minimum Gasteiger partial charge on any atom is -0.368 e. The summed E-state index contributed by atoms with van der Waals surface area (Å²) in [5.41, 5.74) is 8.12. The molecule has 0 bridgehead atoms. The number of hydrogen-bond acceptors (Lipinski definition) is 4. The Bertz CT molecular complexity index is 895. The summed E-state index contributed by atoms with van der Waals surface area (Å²) in [5, 5.41) is 2.69. The molecule has 0 fully saturated rings. The molecule has 154 valence electrons. The van der Waals surface area contributed by atoms with Gasteiger partial charge in [0.05, 0.1) is 0 Å². The number of aromatic nitrogens is 1. The minimum absolute atomic E-state index is 0.0274. The number of primary amides is 1. The van der Waals surface area contributed by atoms with Crippen LogP contribution in [-0.2, 0) is 14.4 Å². The Morgan fingerprint density at radius 3 is 2.34 bits per heavy atom. The molecule has 7 heteroatoms. The fourth-order valence-electron chi connectivity index (χ4n) is 3.14. The van der Waals surface area contributed by atoms with Gasteiger partial charge in [-0.1, -0.05) is 26.0 Å². The first kappa shape index (κ1) is 22.1. The number of carbonyl (C=O) groups excluding carboxylic acids is 3. The average Bonchev–Trinajstić information content (AvgIpc) is 2.63. The van der Waals surface area contributed by atoms with Crippen molar-refractivity contribution in [3.8, 4) is 0 Å². The largest absolute Gasteiger partial charge is 0.368 e. The van der Waals surface area contributed by atoms with Gasteiger partial charge in [0.1, 0.15) is 11.9 Å². The number of nitrogens with one attached hydrogen (secondary N) is 1. The Hall–Kier alpha value is -3.22. The first-order valence-electron chi connectivity index (χ1n) is 9.59.